The van der Waals surface area contributed by atoms with Crippen molar-refractivity contribution in [1.29, 1.82) is 0 Å². The van der Waals surface area contributed by atoms with Gasteiger partial charge in [0.1, 0.15) is 0 Å². The molecule has 0 fully saturated rings. The number of thiophene rings is 1. The third-order valence-electron chi connectivity index (χ3n) is 2.66. The molecule has 0 spiro atoms. The van der Waals surface area contributed by atoms with Gasteiger partial charge in [-0.25, -0.2) is 0 Å². The van der Waals surface area contributed by atoms with Crippen molar-refractivity contribution >= 4 is 22.9 Å². The molecule has 2 aromatic rings. The van der Waals surface area contributed by atoms with E-state index in [0.717, 1.165) is 12.2 Å². The highest BCUT2D eigenvalue weighted by Gasteiger charge is 2.21. The SMILES string of the molecule is CCNC(c1ccc(C)s1)c1c(Cl)cnn1C. The molecule has 0 aliphatic heterocycles. The van der Waals surface area contributed by atoms with Gasteiger partial charge in [-0.05, 0) is 25.6 Å². The second kappa shape index (κ2) is 5.21. The minimum atomic E-state index is 0.124. The van der Waals surface area contributed by atoms with Crippen LogP contribution < -0.4 is 5.32 Å². The van der Waals surface area contributed by atoms with Crippen molar-refractivity contribution in [3.8, 4) is 0 Å². The minimum Gasteiger partial charge on any atom is -0.305 e. The summed E-state index contributed by atoms with van der Waals surface area (Å²) in [5, 5.41) is 8.37. The lowest BCUT2D eigenvalue weighted by Crippen LogP contribution is -2.23. The first kappa shape index (κ1) is 12.6. The molecule has 17 heavy (non-hydrogen) atoms. The van der Waals surface area contributed by atoms with Gasteiger partial charge in [0.15, 0.2) is 0 Å². The zero-order valence-corrected chi connectivity index (χ0v) is 11.8. The van der Waals surface area contributed by atoms with Crippen molar-refractivity contribution in [3.05, 3.63) is 38.8 Å². The maximum Gasteiger partial charge on any atom is 0.0857 e. The van der Waals surface area contributed by atoms with E-state index < -0.39 is 0 Å². The Morgan fingerprint density at radius 3 is 2.76 bits per heavy atom. The van der Waals surface area contributed by atoms with Gasteiger partial charge >= 0.3 is 0 Å². The quantitative estimate of drug-likeness (QED) is 0.924. The van der Waals surface area contributed by atoms with Crippen LogP contribution in [0.5, 0.6) is 0 Å². The van der Waals surface area contributed by atoms with Gasteiger partial charge in [-0.2, -0.15) is 5.10 Å². The summed E-state index contributed by atoms with van der Waals surface area (Å²) in [6, 6.07) is 4.41. The van der Waals surface area contributed by atoms with Crippen molar-refractivity contribution in [3.63, 3.8) is 0 Å². The van der Waals surface area contributed by atoms with Crippen molar-refractivity contribution < 1.29 is 0 Å². The summed E-state index contributed by atoms with van der Waals surface area (Å²) in [6.07, 6.45) is 1.70. The Hall–Kier alpha value is -0.840. The van der Waals surface area contributed by atoms with E-state index in [4.69, 9.17) is 11.6 Å². The van der Waals surface area contributed by atoms with Crippen LogP contribution in [0.15, 0.2) is 18.3 Å². The first-order valence-corrected chi connectivity index (χ1v) is 6.80. The van der Waals surface area contributed by atoms with E-state index in [0.29, 0.717) is 5.02 Å². The fourth-order valence-corrected chi connectivity index (χ4v) is 3.12. The van der Waals surface area contributed by atoms with Crippen molar-refractivity contribution in [2.24, 2.45) is 7.05 Å². The zero-order valence-electron chi connectivity index (χ0n) is 10.2. The summed E-state index contributed by atoms with van der Waals surface area (Å²) >= 11 is 8.00. The predicted octanol–water partition coefficient (Wildman–Crippen LogP) is 3.14. The van der Waals surface area contributed by atoms with Crippen LogP contribution in [0.25, 0.3) is 0 Å². The molecule has 1 unspecified atom stereocenters. The zero-order chi connectivity index (χ0) is 12.4. The molecule has 92 valence electrons. The lowest BCUT2D eigenvalue weighted by atomic mass is 10.1. The average Bonchev–Trinajstić information content (AvgIpc) is 2.84. The molecular formula is C12H16ClN3S. The molecule has 0 amide bonds. The van der Waals surface area contributed by atoms with E-state index in [-0.39, 0.29) is 6.04 Å². The summed E-state index contributed by atoms with van der Waals surface area (Å²) < 4.78 is 1.84. The molecule has 5 heteroatoms. The summed E-state index contributed by atoms with van der Waals surface area (Å²) in [5.41, 5.74) is 1.02. The second-order valence-corrected chi connectivity index (χ2v) is 5.67. The summed E-state index contributed by atoms with van der Waals surface area (Å²) in [5.74, 6) is 0. The van der Waals surface area contributed by atoms with Crippen molar-refractivity contribution in [1.82, 2.24) is 15.1 Å². The predicted molar refractivity (Wildman–Crippen MR) is 72.8 cm³/mol. The van der Waals surface area contributed by atoms with Crippen LogP contribution in [-0.2, 0) is 7.05 Å². The molecule has 0 aliphatic rings. The van der Waals surface area contributed by atoms with Gasteiger partial charge in [0, 0.05) is 16.8 Å². The highest BCUT2D eigenvalue weighted by Crippen LogP contribution is 2.31. The topological polar surface area (TPSA) is 29.9 Å². The molecule has 0 aromatic carbocycles. The van der Waals surface area contributed by atoms with Gasteiger partial charge in [0.2, 0.25) is 0 Å². The molecule has 0 bridgehead atoms. The third-order valence-corrected chi connectivity index (χ3v) is 4.02. The summed E-state index contributed by atoms with van der Waals surface area (Å²) in [4.78, 5) is 2.58. The van der Waals surface area contributed by atoms with Crippen LogP contribution in [0.3, 0.4) is 0 Å². The fourth-order valence-electron chi connectivity index (χ4n) is 1.89. The van der Waals surface area contributed by atoms with Gasteiger partial charge in [-0.3, -0.25) is 4.68 Å². The van der Waals surface area contributed by atoms with E-state index in [2.05, 4.69) is 36.4 Å². The van der Waals surface area contributed by atoms with Crippen LogP contribution in [-0.4, -0.2) is 16.3 Å². The van der Waals surface area contributed by atoms with Gasteiger partial charge in [0.05, 0.1) is 23.0 Å². The first-order chi connectivity index (χ1) is 8.13. The standard InChI is InChI=1S/C12H16ClN3S/c1-4-14-11(10-6-5-8(2)17-10)12-9(13)7-15-16(12)3/h5-7,11,14H,4H2,1-3H3. The molecule has 2 rings (SSSR count). The highest BCUT2D eigenvalue weighted by atomic mass is 35.5. The molecule has 0 saturated heterocycles. The lowest BCUT2D eigenvalue weighted by molar-refractivity contribution is 0.579. The molecule has 1 N–H and O–H groups in total. The number of nitrogens with one attached hydrogen (secondary N) is 1. The number of halogens is 1. The molecule has 2 aromatic heterocycles. The van der Waals surface area contributed by atoms with Gasteiger partial charge in [-0.15, -0.1) is 11.3 Å². The molecule has 3 nitrogen and oxygen atoms in total. The summed E-state index contributed by atoms with van der Waals surface area (Å²) in [6.45, 7) is 5.10. The molecular weight excluding hydrogens is 254 g/mol. The van der Waals surface area contributed by atoms with Crippen molar-refractivity contribution in [2.45, 2.75) is 19.9 Å². The molecule has 0 saturated carbocycles. The Bertz CT molecular complexity index is 484. The molecule has 0 aliphatic carbocycles. The minimum absolute atomic E-state index is 0.124. The van der Waals surface area contributed by atoms with Crippen LogP contribution in [0.4, 0.5) is 0 Å². The Morgan fingerprint density at radius 2 is 2.29 bits per heavy atom. The first-order valence-electron chi connectivity index (χ1n) is 5.60. The van der Waals surface area contributed by atoms with Crippen LogP contribution in [0, 0.1) is 6.92 Å². The monoisotopic (exact) mass is 269 g/mol. The third kappa shape index (κ3) is 2.54. The van der Waals surface area contributed by atoms with Crippen LogP contribution >= 0.6 is 22.9 Å². The van der Waals surface area contributed by atoms with E-state index >= 15 is 0 Å². The Balaban J connectivity index is 2.42. The van der Waals surface area contributed by atoms with E-state index in [1.807, 2.05) is 11.7 Å². The Morgan fingerprint density at radius 1 is 1.53 bits per heavy atom. The second-order valence-electron chi connectivity index (χ2n) is 3.94. The average molecular weight is 270 g/mol. The van der Waals surface area contributed by atoms with Crippen molar-refractivity contribution in [2.75, 3.05) is 6.54 Å². The van der Waals surface area contributed by atoms with Crippen LogP contribution in [0.2, 0.25) is 5.02 Å². The highest BCUT2D eigenvalue weighted by molar-refractivity contribution is 7.12. The number of aryl methyl sites for hydroxylation is 2. The summed E-state index contributed by atoms with van der Waals surface area (Å²) in [7, 11) is 1.92. The van der Waals surface area contributed by atoms with E-state index in [1.165, 1.54) is 9.75 Å². The molecule has 0 radical (unpaired) electrons. The maximum absolute atomic E-state index is 6.21. The fraction of sp³-hybridized carbons (Fsp3) is 0.417. The number of rotatable bonds is 4. The Labute approximate surface area is 110 Å². The smallest absolute Gasteiger partial charge is 0.0857 e. The Kier molecular flexibility index (Phi) is 3.86. The normalized spacial score (nSPS) is 12.9. The van der Waals surface area contributed by atoms with Gasteiger partial charge < -0.3 is 5.32 Å². The van der Waals surface area contributed by atoms with E-state index in [1.54, 1.807) is 17.5 Å². The molecule has 2 heterocycles. The molecule has 1 atom stereocenters. The lowest BCUT2D eigenvalue weighted by Gasteiger charge is -2.17. The van der Waals surface area contributed by atoms with Gasteiger partial charge in [0.25, 0.3) is 0 Å². The van der Waals surface area contributed by atoms with Crippen LogP contribution in [0.1, 0.15) is 28.4 Å². The van der Waals surface area contributed by atoms with Gasteiger partial charge in [-0.1, -0.05) is 18.5 Å². The van der Waals surface area contributed by atoms with E-state index in [9.17, 15) is 0 Å². The largest absolute Gasteiger partial charge is 0.305 e. The maximum atomic E-state index is 6.21. The number of hydrogen-bond donors (Lipinski definition) is 1. The number of hydrogen-bond acceptors (Lipinski definition) is 3. The number of nitrogens with zero attached hydrogens (tertiary/aromatic N) is 2. The number of aromatic nitrogens is 2.